The van der Waals surface area contributed by atoms with E-state index in [-0.39, 0.29) is 24.7 Å². The van der Waals surface area contributed by atoms with Crippen molar-refractivity contribution in [2.75, 3.05) is 5.32 Å². The lowest BCUT2D eigenvalue weighted by atomic mass is 10.2. The number of hydrogen-bond donors (Lipinski definition) is 1. The van der Waals surface area contributed by atoms with E-state index in [1.165, 1.54) is 0 Å². The summed E-state index contributed by atoms with van der Waals surface area (Å²) >= 11 is 0. The van der Waals surface area contributed by atoms with E-state index < -0.39 is 5.60 Å². The fourth-order valence-corrected chi connectivity index (χ4v) is 1.31. The average molecular weight is 253 g/mol. The Hall–Kier alpha value is -1.85. The van der Waals surface area contributed by atoms with Crippen LogP contribution in [0, 0.1) is 0 Å². The first-order valence-corrected chi connectivity index (χ1v) is 5.77. The number of esters is 1. The standard InChI is InChI=1S/C12H19N3O3/c1-12(2,3)18-11(17)6-5-10(16)14-9-7-8-13-15(9)4/h7-8H,5-6H2,1-4H3,(H,14,16). The molecule has 1 N–H and O–H groups in total. The van der Waals surface area contributed by atoms with Crippen LogP contribution in [-0.4, -0.2) is 27.3 Å². The summed E-state index contributed by atoms with van der Waals surface area (Å²) in [6.45, 7) is 5.38. The van der Waals surface area contributed by atoms with Crippen molar-refractivity contribution in [1.29, 1.82) is 0 Å². The zero-order chi connectivity index (χ0) is 13.8. The summed E-state index contributed by atoms with van der Waals surface area (Å²) in [6, 6.07) is 1.69. The topological polar surface area (TPSA) is 73.2 Å². The fraction of sp³-hybridized carbons (Fsp3) is 0.583. The van der Waals surface area contributed by atoms with Gasteiger partial charge in [0.25, 0.3) is 0 Å². The van der Waals surface area contributed by atoms with Crippen molar-refractivity contribution in [2.24, 2.45) is 7.05 Å². The SMILES string of the molecule is Cn1nccc1NC(=O)CCC(=O)OC(C)(C)C. The third-order valence-electron chi connectivity index (χ3n) is 2.06. The van der Waals surface area contributed by atoms with Crippen molar-refractivity contribution >= 4 is 17.7 Å². The molecule has 0 unspecified atom stereocenters. The number of carbonyl (C=O) groups excluding carboxylic acids is 2. The van der Waals surface area contributed by atoms with Crippen LogP contribution in [0.15, 0.2) is 12.3 Å². The Balaban J connectivity index is 2.34. The predicted octanol–water partition coefficient (Wildman–Crippen LogP) is 1.48. The van der Waals surface area contributed by atoms with Gasteiger partial charge in [-0.2, -0.15) is 5.10 Å². The van der Waals surface area contributed by atoms with Gasteiger partial charge < -0.3 is 10.1 Å². The molecule has 6 heteroatoms. The zero-order valence-corrected chi connectivity index (χ0v) is 11.2. The largest absolute Gasteiger partial charge is 0.460 e. The Morgan fingerprint density at radius 2 is 2.06 bits per heavy atom. The second-order valence-corrected chi connectivity index (χ2v) is 4.97. The van der Waals surface area contributed by atoms with E-state index >= 15 is 0 Å². The van der Waals surface area contributed by atoms with Gasteiger partial charge in [-0.25, -0.2) is 0 Å². The second-order valence-electron chi connectivity index (χ2n) is 4.97. The lowest BCUT2D eigenvalue weighted by molar-refractivity contribution is -0.155. The van der Waals surface area contributed by atoms with Crippen LogP contribution in [0.5, 0.6) is 0 Å². The number of hydrogen-bond acceptors (Lipinski definition) is 4. The first-order valence-electron chi connectivity index (χ1n) is 5.77. The maximum atomic E-state index is 11.6. The molecule has 100 valence electrons. The van der Waals surface area contributed by atoms with Crippen molar-refractivity contribution in [2.45, 2.75) is 39.2 Å². The molecule has 1 heterocycles. The molecule has 0 saturated heterocycles. The molecule has 0 fully saturated rings. The summed E-state index contributed by atoms with van der Waals surface area (Å²) in [5, 5.41) is 6.59. The summed E-state index contributed by atoms with van der Waals surface area (Å²) in [7, 11) is 1.73. The summed E-state index contributed by atoms with van der Waals surface area (Å²) < 4.78 is 6.66. The van der Waals surface area contributed by atoms with E-state index in [9.17, 15) is 9.59 Å². The molecule has 0 aliphatic carbocycles. The van der Waals surface area contributed by atoms with Crippen LogP contribution in [0.4, 0.5) is 5.82 Å². The first kappa shape index (κ1) is 14.2. The second kappa shape index (κ2) is 5.66. The fourth-order valence-electron chi connectivity index (χ4n) is 1.31. The Morgan fingerprint density at radius 1 is 1.39 bits per heavy atom. The maximum absolute atomic E-state index is 11.6. The molecule has 0 radical (unpaired) electrons. The molecule has 1 amide bonds. The normalized spacial score (nSPS) is 11.1. The molecule has 1 aromatic rings. The lowest BCUT2D eigenvalue weighted by Crippen LogP contribution is -2.25. The minimum atomic E-state index is -0.518. The van der Waals surface area contributed by atoms with Crippen LogP contribution in [-0.2, 0) is 21.4 Å². The number of nitrogens with zero attached hydrogens (tertiary/aromatic N) is 2. The van der Waals surface area contributed by atoms with Crippen molar-refractivity contribution in [3.05, 3.63) is 12.3 Å². The van der Waals surface area contributed by atoms with Gasteiger partial charge in [-0.15, -0.1) is 0 Å². The number of aryl methyl sites for hydroxylation is 1. The highest BCUT2D eigenvalue weighted by atomic mass is 16.6. The molecular weight excluding hydrogens is 234 g/mol. The van der Waals surface area contributed by atoms with Crippen molar-refractivity contribution < 1.29 is 14.3 Å². The summed E-state index contributed by atoms with van der Waals surface area (Å²) in [5.41, 5.74) is -0.518. The zero-order valence-electron chi connectivity index (χ0n) is 11.2. The molecular formula is C12H19N3O3. The van der Waals surface area contributed by atoms with Crippen LogP contribution in [0.25, 0.3) is 0 Å². The summed E-state index contributed by atoms with van der Waals surface area (Å²) in [5.74, 6) is -0.00342. The Kier molecular flexibility index (Phi) is 4.47. The van der Waals surface area contributed by atoms with E-state index in [1.54, 1.807) is 44.8 Å². The van der Waals surface area contributed by atoms with E-state index in [2.05, 4.69) is 10.4 Å². The molecule has 0 aromatic carbocycles. The highest BCUT2D eigenvalue weighted by Crippen LogP contribution is 2.10. The van der Waals surface area contributed by atoms with Gasteiger partial charge >= 0.3 is 5.97 Å². The minimum Gasteiger partial charge on any atom is -0.460 e. The van der Waals surface area contributed by atoms with Gasteiger partial charge in [0.2, 0.25) is 5.91 Å². The summed E-state index contributed by atoms with van der Waals surface area (Å²) in [6.07, 6.45) is 1.75. The number of aromatic nitrogens is 2. The molecule has 1 rings (SSSR count). The van der Waals surface area contributed by atoms with Gasteiger partial charge in [-0.3, -0.25) is 14.3 Å². The van der Waals surface area contributed by atoms with Crippen LogP contribution in [0.2, 0.25) is 0 Å². The monoisotopic (exact) mass is 253 g/mol. The molecule has 0 bridgehead atoms. The maximum Gasteiger partial charge on any atom is 0.306 e. The van der Waals surface area contributed by atoms with E-state index in [1.807, 2.05) is 0 Å². The molecule has 0 atom stereocenters. The van der Waals surface area contributed by atoms with Crippen molar-refractivity contribution in [3.63, 3.8) is 0 Å². The Morgan fingerprint density at radius 3 is 2.56 bits per heavy atom. The molecule has 0 aliphatic heterocycles. The van der Waals surface area contributed by atoms with Gasteiger partial charge in [0.05, 0.1) is 12.6 Å². The molecule has 0 aliphatic rings. The smallest absolute Gasteiger partial charge is 0.306 e. The van der Waals surface area contributed by atoms with Gasteiger partial charge in [-0.05, 0) is 20.8 Å². The Labute approximate surface area is 106 Å². The van der Waals surface area contributed by atoms with Crippen LogP contribution in [0.3, 0.4) is 0 Å². The van der Waals surface area contributed by atoms with Crippen molar-refractivity contribution in [1.82, 2.24) is 9.78 Å². The molecule has 6 nitrogen and oxygen atoms in total. The van der Waals surface area contributed by atoms with Crippen LogP contribution < -0.4 is 5.32 Å². The Bertz CT molecular complexity index is 432. The number of nitrogens with one attached hydrogen (secondary N) is 1. The average Bonchev–Trinajstić information content (AvgIpc) is 2.59. The first-order chi connectivity index (χ1) is 8.28. The van der Waals surface area contributed by atoms with Crippen molar-refractivity contribution in [3.8, 4) is 0 Å². The third-order valence-corrected chi connectivity index (χ3v) is 2.06. The van der Waals surface area contributed by atoms with Crippen LogP contribution >= 0.6 is 0 Å². The highest BCUT2D eigenvalue weighted by molar-refractivity contribution is 5.91. The quantitative estimate of drug-likeness (QED) is 0.825. The van der Waals surface area contributed by atoms with E-state index in [0.29, 0.717) is 5.82 Å². The molecule has 18 heavy (non-hydrogen) atoms. The van der Waals surface area contributed by atoms with Gasteiger partial charge in [0.1, 0.15) is 11.4 Å². The number of ether oxygens (including phenoxy) is 1. The molecule has 1 aromatic heterocycles. The lowest BCUT2D eigenvalue weighted by Gasteiger charge is -2.19. The highest BCUT2D eigenvalue weighted by Gasteiger charge is 2.17. The van der Waals surface area contributed by atoms with E-state index in [0.717, 1.165) is 0 Å². The van der Waals surface area contributed by atoms with Gasteiger partial charge in [-0.1, -0.05) is 0 Å². The number of carbonyl (C=O) groups is 2. The summed E-state index contributed by atoms with van der Waals surface area (Å²) in [4.78, 5) is 23.0. The van der Waals surface area contributed by atoms with Gasteiger partial charge in [0, 0.05) is 19.5 Å². The van der Waals surface area contributed by atoms with Gasteiger partial charge in [0.15, 0.2) is 0 Å². The molecule has 0 spiro atoms. The van der Waals surface area contributed by atoms with E-state index in [4.69, 9.17) is 4.74 Å². The number of rotatable bonds is 4. The molecule has 0 saturated carbocycles. The predicted molar refractivity (Wildman–Crippen MR) is 66.9 cm³/mol. The minimum absolute atomic E-state index is 0.0704. The number of anilines is 1. The number of amides is 1. The van der Waals surface area contributed by atoms with Crippen LogP contribution in [0.1, 0.15) is 33.6 Å². The third kappa shape index (κ3) is 4.99.